The molecule has 0 saturated heterocycles. The Morgan fingerprint density at radius 2 is 1.50 bits per heavy atom. The first kappa shape index (κ1) is 17.3. The summed E-state index contributed by atoms with van der Waals surface area (Å²) < 4.78 is 0. The number of nitrogens with two attached hydrogens (primary N) is 1. The van der Waals surface area contributed by atoms with E-state index in [-0.39, 0.29) is 35.2 Å². The molecule has 2 fully saturated rings. The van der Waals surface area contributed by atoms with Gasteiger partial charge < -0.3 is 16.4 Å². The lowest BCUT2D eigenvalue weighted by atomic mass is 9.85. The summed E-state index contributed by atoms with van der Waals surface area (Å²) in [5, 5.41) is 6.13. The molecule has 5 nitrogen and oxygen atoms in total. The lowest BCUT2D eigenvalue weighted by molar-refractivity contribution is -0.127. The fraction of sp³-hybridized carbons (Fsp3) is 0.882. The Kier molecular flexibility index (Phi) is 5.84. The van der Waals surface area contributed by atoms with Crippen molar-refractivity contribution in [3.63, 3.8) is 0 Å². The van der Waals surface area contributed by atoms with E-state index in [1.165, 1.54) is 12.8 Å². The van der Waals surface area contributed by atoms with Gasteiger partial charge in [0.2, 0.25) is 11.8 Å². The third-order valence-electron chi connectivity index (χ3n) is 4.89. The summed E-state index contributed by atoms with van der Waals surface area (Å²) in [6.07, 6.45) is 7.96. The number of rotatable bonds is 5. The summed E-state index contributed by atoms with van der Waals surface area (Å²) in [6, 6.07) is 0.253. The molecule has 5 heteroatoms. The predicted molar refractivity (Wildman–Crippen MR) is 87.1 cm³/mol. The van der Waals surface area contributed by atoms with Crippen LogP contribution in [0.5, 0.6) is 0 Å². The minimum absolute atomic E-state index is 0.0713. The Balaban J connectivity index is 1.68. The van der Waals surface area contributed by atoms with Gasteiger partial charge in [0.05, 0.1) is 0 Å². The average Bonchev–Trinajstić information content (AvgIpc) is 2.99. The molecule has 2 saturated carbocycles. The van der Waals surface area contributed by atoms with Crippen LogP contribution in [0.15, 0.2) is 0 Å². The number of carbonyl (C=O) groups is 2. The Hall–Kier alpha value is -1.10. The Labute approximate surface area is 133 Å². The summed E-state index contributed by atoms with van der Waals surface area (Å²) >= 11 is 0. The second-order valence-electron chi connectivity index (χ2n) is 7.74. The first-order valence-corrected chi connectivity index (χ1v) is 8.72. The van der Waals surface area contributed by atoms with Gasteiger partial charge in [0, 0.05) is 30.0 Å². The van der Waals surface area contributed by atoms with Crippen molar-refractivity contribution in [2.24, 2.45) is 17.6 Å². The zero-order valence-corrected chi connectivity index (χ0v) is 14.0. The van der Waals surface area contributed by atoms with Crippen LogP contribution in [0.1, 0.15) is 65.2 Å². The van der Waals surface area contributed by atoms with Crippen molar-refractivity contribution in [1.82, 2.24) is 10.6 Å². The maximum absolute atomic E-state index is 12.1. The van der Waals surface area contributed by atoms with Crippen LogP contribution in [0.3, 0.4) is 0 Å². The van der Waals surface area contributed by atoms with Gasteiger partial charge in [0.25, 0.3) is 0 Å². The molecule has 2 aliphatic rings. The van der Waals surface area contributed by atoms with Crippen LogP contribution >= 0.6 is 0 Å². The van der Waals surface area contributed by atoms with E-state index >= 15 is 0 Å². The zero-order valence-electron chi connectivity index (χ0n) is 14.0. The minimum Gasteiger partial charge on any atom is -0.354 e. The van der Waals surface area contributed by atoms with E-state index in [1.54, 1.807) is 0 Å². The molecule has 0 bridgehead atoms. The van der Waals surface area contributed by atoms with Crippen LogP contribution in [0.4, 0.5) is 0 Å². The lowest BCUT2D eigenvalue weighted by Crippen LogP contribution is -2.48. The van der Waals surface area contributed by atoms with Crippen LogP contribution < -0.4 is 16.4 Å². The van der Waals surface area contributed by atoms with E-state index in [9.17, 15) is 9.59 Å². The van der Waals surface area contributed by atoms with Crippen LogP contribution in [0, 0.1) is 11.8 Å². The Morgan fingerprint density at radius 3 is 2.05 bits per heavy atom. The minimum atomic E-state index is -0.373. The molecule has 126 valence electrons. The van der Waals surface area contributed by atoms with Gasteiger partial charge in [-0.05, 0) is 52.4 Å². The highest BCUT2D eigenvalue weighted by atomic mass is 16.2. The summed E-state index contributed by atoms with van der Waals surface area (Å²) in [6.45, 7) is 4.32. The van der Waals surface area contributed by atoms with Gasteiger partial charge >= 0.3 is 0 Å². The highest BCUT2D eigenvalue weighted by molar-refractivity contribution is 5.80. The molecule has 0 unspecified atom stereocenters. The van der Waals surface area contributed by atoms with Crippen molar-refractivity contribution in [2.75, 3.05) is 6.54 Å². The summed E-state index contributed by atoms with van der Waals surface area (Å²) in [5.41, 5.74) is 5.51. The molecule has 0 atom stereocenters. The SMILES string of the molecule is CC(C)(N)CNC(=O)C1CCC(NC(=O)C2CCCC2)CC1. The number of hydrogen-bond donors (Lipinski definition) is 3. The largest absolute Gasteiger partial charge is 0.354 e. The van der Waals surface area contributed by atoms with Crippen LogP contribution in [-0.4, -0.2) is 29.9 Å². The van der Waals surface area contributed by atoms with E-state index in [0.717, 1.165) is 38.5 Å². The van der Waals surface area contributed by atoms with E-state index in [0.29, 0.717) is 6.54 Å². The number of amides is 2. The molecule has 0 radical (unpaired) electrons. The van der Waals surface area contributed by atoms with Gasteiger partial charge in [-0.25, -0.2) is 0 Å². The Morgan fingerprint density at radius 1 is 0.955 bits per heavy atom. The topological polar surface area (TPSA) is 84.2 Å². The molecule has 0 aromatic carbocycles. The van der Waals surface area contributed by atoms with Crippen molar-refractivity contribution < 1.29 is 9.59 Å². The second kappa shape index (κ2) is 7.44. The fourth-order valence-corrected chi connectivity index (χ4v) is 3.47. The number of carbonyl (C=O) groups excluding carboxylic acids is 2. The van der Waals surface area contributed by atoms with Crippen LogP contribution in [0.2, 0.25) is 0 Å². The highest BCUT2D eigenvalue weighted by Crippen LogP contribution is 2.27. The molecule has 2 aliphatic carbocycles. The van der Waals surface area contributed by atoms with Gasteiger partial charge in [-0.15, -0.1) is 0 Å². The quantitative estimate of drug-likeness (QED) is 0.723. The first-order valence-electron chi connectivity index (χ1n) is 8.72. The van der Waals surface area contributed by atoms with E-state index in [2.05, 4.69) is 10.6 Å². The highest BCUT2D eigenvalue weighted by Gasteiger charge is 2.30. The summed E-state index contributed by atoms with van der Waals surface area (Å²) in [5.74, 6) is 0.643. The smallest absolute Gasteiger partial charge is 0.223 e. The third-order valence-corrected chi connectivity index (χ3v) is 4.89. The number of nitrogens with one attached hydrogen (secondary N) is 2. The summed E-state index contributed by atoms with van der Waals surface area (Å²) in [4.78, 5) is 24.3. The molecule has 0 aliphatic heterocycles. The first-order chi connectivity index (χ1) is 10.3. The van der Waals surface area contributed by atoms with Gasteiger partial charge in [0.15, 0.2) is 0 Å². The molecule has 2 amide bonds. The maximum atomic E-state index is 12.1. The number of hydrogen-bond acceptors (Lipinski definition) is 3. The maximum Gasteiger partial charge on any atom is 0.223 e. The average molecular weight is 309 g/mol. The van der Waals surface area contributed by atoms with Gasteiger partial charge in [-0.1, -0.05) is 12.8 Å². The summed E-state index contributed by atoms with van der Waals surface area (Å²) in [7, 11) is 0. The lowest BCUT2D eigenvalue weighted by Gasteiger charge is -2.30. The van der Waals surface area contributed by atoms with E-state index in [4.69, 9.17) is 5.73 Å². The predicted octanol–water partition coefficient (Wildman–Crippen LogP) is 1.71. The van der Waals surface area contributed by atoms with E-state index in [1.807, 2.05) is 13.8 Å². The molecule has 22 heavy (non-hydrogen) atoms. The molecular weight excluding hydrogens is 278 g/mol. The normalized spacial score (nSPS) is 26.7. The molecule has 0 aromatic rings. The fourth-order valence-electron chi connectivity index (χ4n) is 3.47. The van der Waals surface area contributed by atoms with Crippen molar-refractivity contribution in [2.45, 2.75) is 76.8 Å². The van der Waals surface area contributed by atoms with Crippen molar-refractivity contribution in [3.05, 3.63) is 0 Å². The molecular formula is C17H31N3O2. The zero-order chi connectivity index (χ0) is 16.2. The van der Waals surface area contributed by atoms with Crippen LogP contribution in [0.25, 0.3) is 0 Å². The van der Waals surface area contributed by atoms with Gasteiger partial charge in [0.1, 0.15) is 0 Å². The van der Waals surface area contributed by atoms with Crippen molar-refractivity contribution >= 4 is 11.8 Å². The van der Waals surface area contributed by atoms with Crippen LogP contribution in [-0.2, 0) is 9.59 Å². The van der Waals surface area contributed by atoms with E-state index < -0.39 is 0 Å². The molecule has 0 heterocycles. The van der Waals surface area contributed by atoms with Crippen molar-refractivity contribution in [3.8, 4) is 0 Å². The Bertz CT molecular complexity index is 389. The monoisotopic (exact) mass is 309 g/mol. The molecule has 0 spiro atoms. The molecule has 0 aromatic heterocycles. The third kappa shape index (κ3) is 5.27. The van der Waals surface area contributed by atoms with Gasteiger partial charge in [-0.3, -0.25) is 9.59 Å². The second-order valence-corrected chi connectivity index (χ2v) is 7.74. The van der Waals surface area contributed by atoms with Crippen molar-refractivity contribution in [1.29, 1.82) is 0 Å². The standard InChI is InChI=1S/C17H31N3O2/c1-17(2,18)11-19-15(21)13-7-9-14(10-8-13)20-16(22)12-5-3-4-6-12/h12-14H,3-11,18H2,1-2H3,(H,19,21)(H,20,22). The van der Waals surface area contributed by atoms with Gasteiger partial charge in [-0.2, -0.15) is 0 Å². The molecule has 2 rings (SSSR count). The molecule has 4 N–H and O–H groups in total.